The van der Waals surface area contributed by atoms with Crippen molar-refractivity contribution < 1.29 is 0 Å². The van der Waals surface area contributed by atoms with Gasteiger partial charge in [-0.3, -0.25) is 4.98 Å². The SMILES string of the molecule is Cc1ccccc1-c1cncc(CN)n1. The van der Waals surface area contributed by atoms with E-state index in [-0.39, 0.29) is 0 Å². The summed E-state index contributed by atoms with van der Waals surface area (Å²) in [5.74, 6) is 0. The van der Waals surface area contributed by atoms with Crippen molar-refractivity contribution >= 4 is 0 Å². The van der Waals surface area contributed by atoms with Crippen LogP contribution in [0.3, 0.4) is 0 Å². The van der Waals surface area contributed by atoms with Gasteiger partial charge in [-0.2, -0.15) is 0 Å². The van der Waals surface area contributed by atoms with Crippen LogP contribution in [-0.4, -0.2) is 9.97 Å². The van der Waals surface area contributed by atoms with E-state index in [0.29, 0.717) is 6.54 Å². The van der Waals surface area contributed by atoms with Crippen LogP contribution in [0.4, 0.5) is 0 Å². The molecule has 0 atom stereocenters. The highest BCUT2D eigenvalue weighted by molar-refractivity contribution is 5.62. The van der Waals surface area contributed by atoms with E-state index >= 15 is 0 Å². The van der Waals surface area contributed by atoms with Crippen LogP contribution in [0.2, 0.25) is 0 Å². The zero-order valence-corrected chi connectivity index (χ0v) is 8.64. The molecule has 0 amide bonds. The molecule has 0 aliphatic carbocycles. The van der Waals surface area contributed by atoms with E-state index in [1.807, 2.05) is 18.2 Å². The molecule has 2 N–H and O–H groups in total. The van der Waals surface area contributed by atoms with Crippen LogP contribution in [0.1, 0.15) is 11.3 Å². The fraction of sp³-hybridized carbons (Fsp3) is 0.167. The first kappa shape index (κ1) is 9.80. The summed E-state index contributed by atoms with van der Waals surface area (Å²) in [6.07, 6.45) is 3.46. The number of benzene rings is 1. The predicted octanol–water partition coefficient (Wildman–Crippen LogP) is 1.91. The number of aromatic nitrogens is 2. The van der Waals surface area contributed by atoms with E-state index < -0.39 is 0 Å². The van der Waals surface area contributed by atoms with Crippen molar-refractivity contribution in [2.45, 2.75) is 13.5 Å². The first-order valence-electron chi connectivity index (χ1n) is 4.88. The molecule has 15 heavy (non-hydrogen) atoms. The summed E-state index contributed by atoms with van der Waals surface area (Å²) < 4.78 is 0. The van der Waals surface area contributed by atoms with E-state index in [1.54, 1.807) is 12.4 Å². The number of nitrogens with two attached hydrogens (primary N) is 1. The minimum Gasteiger partial charge on any atom is -0.325 e. The molecule has 0 saturated heterocycles. The molecule has 3 heteroatoms. The molecule has 0 radical (unpaired) electrons. The predicted molar refractivity (Wildman–Crippen MR) is 60.1 cm³/mol. The average Bonchev–Trinajstić information content (AvgIpc) is 2.30. The largest absolute Gasteiger partial charge is 0.325 e. The Bertz CT molecular complexity index is 466. The lowest BCUT2D eigenvalue weighted by Crippen LogP contribution is -2.01. The molecule has 1 heterocycles. The van der Waals surface area contributed by atoms with Crippen LogP contribution in [0.25, 0.3) is 11.3 Å². The molecule has 0 aliphatic rings. The Morgan fingerprint density at radius 3 is 2.73 bits per heavy atom. The van der Waals surface area contributed by atoms with Crippen molar-refractivity contribution in [3.8, 4) is 11.3 Å². The fourth-order valence-corrected chi connectivity index (χ4v) is 1.49. The quantitative estimate of drug-likeness (QED) is 0.803. The van der Waals surface area contributed by atoms with Gasteiger partial charge in [0.1, 0.15) is 0 Å². The first-order chi connectivity index (χ1) is 7.31. The van der Waals surface area contributed by atoms with Crippen LogP contribution < -0.4 is 5.73 Å². The lowest BCUT2D eigenvalue weighted by atomic mass is 10.1. The minimum atomic E-state index is 0.423. The number of hydrogen-bond acceptors (Lipinski definition) is 3. The summed E-state index contributed by atoms with van der Waals surface area (Å²) in [4.78, 5) is 8.57. The van der Waals surface area contributed by atoms with Gasteiger partial charge in [-0.05, 0) is 12.5 Å². The maximum atomic E-state index is 5.53. The van der Waals surface area contributed by atoms with E-state index in [0.717, 1.165) is 17.0 Å². The third-order valence-electron chi connectivity index (χ3n) is 2.31. The third-order valence-corrected chi connectivity index (χ3v) is 2.31. The topological polar surface area (TPSA) is 51.8 Å². The second kappa shape index (κ2) is 4.19. The number of rotatable bonds is 2. The highest BCUT2D eigenvalue weighted by Gasteiger charge is 2.03. The summed E-state index contributed by atoms with van der Waals surface area (Å²) in [6.45, 7) is 2.48. The molecular weight excluding hydrogens is 186 g/mol. The lowest BCUT2D eigenvalue weighted by Gasteiger charge is -2.05. The van der Waals surface area contributed by atoms with E-state index in [2.05, 4.69) is 23.0 Å². The normalized spacial score (nSPS) is 10.3. The number of aryl methyl sites for hydroxylation is 1. The number of nitrogens with zero attached hydrogens (tertiary/aromatic N) is 2. The Labute approximate surface area is 89.0 Å². The van der Waals surface area contributed by atoms with Crippen LogP contribution in [0, 0.1) is 6.92 Å². The Kier molecular flexibility index (Phi) is 2.74. The van der Waals surface area contributed by atoms with E-state index in [9.17, 15) is 0 Å². The summed E-state index contributed by atoms with van der Waals surface area (Å²) in [6, 6.07) is 8.12. The van der Waals surface area contributed by atoms with E-state index in [4.69, 9.17) is 5.73 Å². The first-order valence-corrected chi connectivity index (χ1v) is 4.88. The van der Waals surface area contributed by atoms with Gasteiger partial charge in [0.25, 0.3) is 0 Å². The molecule has 76 valence electrons. The van der Waals surface area contributed by atoms with Gasteiger partial charge in [0, 0.05) is 18.3 Å². The molecular formula is C12H13N3. The molecule has 0 spiro atoms. The van der Waals surface area contributed by atoms with Gasteiger partial charge in [0.05, 0.1) is 17.6 Å². The number of hydrogen-bond donors (Lipinski definition) is 1. The second-order valence-electron chi connectivity index (χ2n) is 3.41. The highest BCUT2D eigenvalue weighted by Crippen LogP contribution is 2.19. The molecule has 0 fully saturated rings. The molecule has 0 bridgehead atoms. The molecule has 0 aliphatic heterocycles. The van der Waals surface area contributed by atoms with Gasteiger partial charge in [-0.1, -0.05) is 24.3 Å². The molecule has 2 rings (SSSR count). The van der Waals surface area contributed by atoms with Gasteiger partial charge in [0.15, 0.2) is 0 Å². The van der Waals surface area contributed by atoms with Crippen molar-refractivity contribution in [2.24, 2.45) is 5.73 Å². The molecule has 0 unspecified atom stereocenters. The second-order valence-corrected chi connectivity index (χ2v) is 3.41. The Balaban J connectivity index is 2.49. The van der Waals surface area contributed by atoms with Gasteiger partial charge in [-0.25, -0.2) is 4.98 Å². The zero-order valence-electron chi connectivity index (χ0n) is 8.64. The zero-order chi connectivity index (χ0) is 10.7. The van der Waals surface area contributed by atoms with Crippen LogP contribution >= 0.6 is 0 Å². The van der Waals surface area contributed by atoms with Gasteiger partial charge < -0.3 is 5.73 Å². The summed E-state index contributed by atoms with van der Waals surface area (Å²) in [5, 5.41) is 0. The third kappa shape index (κ3) is 2.02. The van der Waals surface area contributed by atoms with Crippen molar-refractivity contribution in [1.82, 2.24) is 9.97 Å². The summed E-state index contributed by atoms with van der Waals surface area (Å²) in [5.41, 5.74) is 9.54. The van der Waals surface area contributed by atoms with E-state index in [1.165, 1.54) is 5.56 Å². The van der Waals surface area contributed by atoms with Crippen molar-refractivity contribution in [1.29, 1.82) is 0 Å². The molecule has 1 aromatic carbocycles. The summed E-state index contributed by atoms with van der Waals surface area (Å²) in [7, 11) is 0. The van der Waals surface area contributed by atoms with Crippen molar-refractivity contribution in [3.05, 3.63) is 47.9 Å². The fourth-order valence-electron chi connectivity index (χ4n) is 1.49. The minimum absolute atomic E-state index is 0.423. The Hall–Kier alpha value is -1.74. The van der Waals surface area contributed by atoms with Crippen molar-refractivity contribution in [2.75, 3.05) is 0 Å². The maximum Gasteiger partial charge on any atom is 0.0891 e. The maximum absolute atomic E-state index is 5.53. The van der Waals surface area contributed by atoms with Crippen LogP contribution in [-0.2, 0) is 6.54 Å². The average molecular weight is 199 g/mol. The standard InChI is InChI=1S/C12H13N3/c1-9-4-2-3-5-11(9)12-8-14-7-10(6-13)15-12/h2-5,7-8H,6,13H2,1H3. The monoisotopic (exact) mass is 199 g/mol. The molecule has 1 aromatic heterocycles. The van der Waals surface area contributed by atoms with Crippen LogP contribution in [0.15, 0.2) is 36.7 Å². The molecule has 0 saturated carbocycles. The lowest BCUT2D eigenvalue weighted by molar-refractivity contribution is 0.966. The van der Waals surface area contributed by atoms with Gasteiger partial charge in [-0.15, -0.1) is 0 Å². The van der Waals surface area contributed by atoms with Crippen LogP contribution in [0.5, 0.6) is 0 Å². The Morgan fingerprint density at radius 1 is 1.20 bits per heavy atom. The summed E-state index contributed by atoms with van der Waals surface area (Å²) >= 11 is 0. The van der Waals surface area contributed by atoms with Gasteiger partial charge in [0.2, 0.25) is 0 Å². The molecule has 2 aromatic rings. The smallest absolute Gasteiger partial charge is 0.0891 e. The van der Waals surface area contributed by atoms with Gasteiger partial charge >= 0.3 is 0 Å². The highest BCUT2D eigenvalue weighted by atomic mass is 14.8. The Morgan fingerprint density at radius 2 is 2.00 bits per heavy atom. The molecule has 3 nitrogen and oxygen atoms in total. The van der Waals surface area contributed by atoms with Crippen molar-refractivity contribution in [3.63, 3.8) is 0 Å².